The SMILES string of the molecule is C=CC(=O)OCCOCCOc1ccccc1-c1ccccc1.C=CC(=O)OCCOc1ccccc1-c1ccccc1. The van der Waals surface area contributed by atoms with Gasteiger partial charge in [-0.15, -0.1) is 0 Å². The van der Waals surface area contributed by atoms with Crippen molar-refractivity contribution in [3.63, 3.8) is 0 Å². The average molecular weight is 581 g/mol. The van der Waals surface area contributed by atoms with E-state index in [1.807, 2.05) is 109 Å². The van der Waals surface area contributed by atoms with Crippen LogP contribution in [0.15, 0.2) is 135 Å². The van der Waals surface area contributed by atoms with E-state index >= 15 is 0 Å². The van der Waals surface area contributed by atoms with E-state index in [9.17, 15) is 9.59 Å². The van der Waals surface area contributed by atoms with Crippen molar-refractivity contribution in [3.05, 3.63) is 135 Å². The van der Waals surface area contributed by atoms with E-state index in [4.69, 9.17) is 23.7 Å². The molecule has 0 N–H and O–H groups in total. The van der Waals surface area contributed by atoms with Crippen LogP contribution in [0.2, 0.25) is 0 Å². The molecule has 0 radical (unpaired) electrons. The highest BCUT2D eigenvalue weighted by molar-refractivity contribution is 5.81. The second-order valence-corrected chi connectivity index (χ2v) is 8.78. The summed E-state index contributed by atoms with van der Waals surface area (Å²) in [6.45, 7) is 8.57. The Morgan fingerprint density at radius 2 is 0.860 bits per heavy atom. The Hall–Kier alpha value is -5.14. The maximum Gasteiger partial charge on any atom is 0.330 e. The molecule has 0 aliphatic heterocycles. The predicted octanol–water partition coefficient (Wildman–Crippen LogP) is 6.94. The van der Waals surface area contributed by atoms with Crippen molar-refractivity contribution in [2.75, 3.05) is 39.6 Å². The lowest BCUT2D eigenvalue weighted by Gasteiger charge is -2.12. The van der Waals surface area contributed by atoms with Crippen molar-refractivity contribution in [2.45, 2.75) is 0 Å². The molecule has 4 aromatic carbocycles. The summed E-state index contributed by atoms with van der Waals surface area (Å²) in [5, 5.41) is 0. The van der Waals surface area contributed by atoms with Crippen LogP contribution in [0, 0.1) is 0 Å². The number of carbonyl (C=O) groups is 2. The fourth-order valence-corrected chi connectivity index (χ4v) is 3.82. The highest BCUT2D eigenvalue weighted by Gasteiger charge is 2.06. The number of esters is 2. The Labute approximate surface area is 252 Å². The van der Waals surface area contributed by atoms with Gasteiger partial charge in [0.1, 0.15) is 37.9 Å². The number of para-hydroxylation sites is 2. The van der Waals surface area contributed by atoms with Gasteiger partial charge in [0, 0.05) is 23.3 Å². The van der Waals surface area contributed by atoms with Gasteiger partial charge in [0.2, 0.25) is 0 Å². The predicted molar refractivity (Wildman–Crippen MR) is 168 cm³/mol. The molecule has 0 fully saturated rings. The van der Waals surface area contributed by atoms with E-state index in [0.717, 1.165) is 45.9 Å². The summed E-state index contributed by atoms with van der Waals surface area (Å²) in [5.74, 6) is 0.709. The van der Waals surface area contributed by atoms with Crippen LogP contribution in [-0.2, 0) is 23.8 Å². The second kappa shape index (κ2) is 19.1. The van der Waals surface area contributed by atoms with Gasteiger partial charge in [0.15, 0.2) is 0 Å². The highest BCUT2D eigenvalue weighted by atomic mass is 16.6. The minimum atomic E-state index is -0.443. The van der Waals surface area contributed by atoms with E-state index in [0.29, 0.717) is 26.4 Å². The number of benzene rings is 4. The molecule has 7 nitrogen and oxygen atoms in total. The van der Waals surface area contributed by atoms with Gasteiger partial charge < -0.3 is 23.7 Å². The van der Waals surface area contributed by atoms with Gasteiger partial charge in [-0.25, -0.2) is 9.59 Å². The molecule has 7 heteroatoms. The maximum atomic E-state index is 10.9. The van der Waals surface area contributed by atoms with Crippen LogP contribution < -0.4 is 9.47 Å². The van der Waals surface area contributed by atoms with Gasteiger partial charge in [-0.05, 0) is 23.3 Å². The van der Waals surface area contributed by atoms with Crippen molar-refractivity contribution >= 4 is 11.9 Å². The number of hydrogen-bond acceptors (Lipinski definition) is 7. The average Bonchev–Trinajstić information content (AvgIpc) is 3.07. The third kappa shape index (κ3) is 11.7. The quantitative estimate of drug-likeness (QED) is 0.0856. The molecule has 4 rings (SSSR count). The number of hydrogen-bond donors (Lipinski definition) is 0. The van der Waals surface area contributed by atoms with Gasteiger partial charge in [-0.1, -0.05) is 110 Å². The van der Waals surface area contributed by atoms with Crippen molar-refractivity contribution in [2.24, 2.45) is 0 Å². The summed E-state index contributed by atoms with van der Waals surface area (Å²) in [6.07, 6.45) is 2.27. The van der Waals surface area contributed by atoms with Crippen LogP contribution in [0.5, 0.6) is 11.5 Å². The maximum absolute atomic E-state index is 10.9. The van der Waals surface area contributed by atoms with E-state index in [1.165, 1.54) is 0 Å². The fraction of sp³-hybridized carbons (Fsp3) is 0.167. The van der Waals surface area contributed by atoms with Crippen LogP contribution in [-0.4, -0.2) is 51.6 Å². The third-order valence-electron chi connectivity index (χ3n) is 5.82. The monoisotopic (exact) mass is 580 g/mol. The summed E-state index contributed by atoms with van der Waals surface area (Å²) in [6, 6.07) is 35.8. The lowest BCUT2D eigenvalue weighted by molar-refractivity contribution is -0.139. The third-order valence-corrected chi connectivity index (χ3v) is 5.82. The Balaban J connectivity index is 0.000000238. The zero-order valence-corrected chi connectivity index (χ0v) is 24.1. The van der Waals surface area contributed by atoms with Gasteiger partial charge in [-0.3, -0.25) is 0 Å². The minimum Gasteiger partial charge on any atom is -0.491 e. The van der Waals surface area contributed by atoms with Crippen LogP contribution in [0.3, 0.4) is 0 Å². The first-order valence-corrected chi connectivity index (χ1v) is 13.8. The summed E-state index contributed by atoms with van der Waals surface area (Å²) < 4.78 is 26.5. The topological polar surface area (TPSA) is 80.3 Å². The lowest BCUT2D eigenvalue weighted by Crippen LogP contribution is -2.12. The van der Waals surface area contributed by atoms with Gasteiger partial charge in [0.25, 0.3) is 0 Å². The first-order valence-electron chi connectivity index (χ1n) is 13.8. The van der Waals surface area contributed by atoms with Crippen LogP contribution in [0.4, 0.5) is 0 Å². The molecule has 0 saturated carbocycles. The molecule has 0 spiro atoms. The van der Waals surface area contributed by atoms with Crippen LogP contribution in [0.25, 0.3) is 22.3 Å². The smallest absolute Gasteiger partial charge is 0.330 e. The molecule has 43 heavy (non-hydrogen) atoms. The Morgan fingerprint density at radius 1 is 0.488 bits per heavy atom. The molecule has 0 aliphatic rings. The molecule has 0 bridgehead atoms. The molecule has 0 amide bonds. The molecule has 222 valence electrons. The van der Waals surface area contributed by atoms with Gasteiger partial charge in [0.05, 0.1) is 13.2 Å². The molecule has 0 heterocycles. The van der Waals surface area contributed by atoms with Crippen molar-refractivity contribution in [1.29, 1.82) is 0 Å². The van der Waals surface area contributed by atoms with Crippen molar-refractivity contribution < 1.29 is 33.3 Å². The van der Waals surface area contributed by atoms with E-state index in [1.54, 1.807) is 0 Å². The fourth-order valence-electron chi connectivity index (χ4n) is 3.82. The molecular weight excluding hydrogens is 544 g/mol. The van der Waals surface area contributed by atoms with Crippen LogP contribution >= 0.6 is 0 Å². The normalized spacial score (nSPS) is 9.95. The number of carbonyl (C=O) groups excluding carboxylic acids is 2. The molecule has 0 unspecified atom stereocenters. The van der Waals surface area contributed by atoms with Crippen LogP contribution in [0.1, 0.15) is 0 Å². The van der Waals surface area contributed by atoms with E-state index in [-0.39, 0.29) is 13.2 Å². The highest BCUT2D eigenvalue weighted by Crippen LogP contribution is 2.30. The first-order chi connectivity index (χ1) is 21.1. The van der Waals surface area contributed by atoms with E-state index in [2.05, 4.69) is 13.2 Å². The standard InChI is InChI=1S/C19H20O4.C17H16O3/c1-2-19(20)23-15-13-21-12-14-22-18-11-7-6-10-17(18)16-8-4-3-5-9-16;1-2-17(18)20-13-12-19-16-11-7-6-10-15(16)14-8-4-3-5-9-14/h2-11H,1,12-15H2;2-11H,1,12-13H2. The Morgan fingerprint density at radius 3 is 1.33 bits per heavy atom. The molecular formula is C36H36O7. The minimum absolute atomic E-state index is 0.202. The van der Waals surface area contributed by atoms with E-state index < -0.39 is 11.9 Å². The molecule has 0 atom stereocenters. The molecule has 4 aromatic rings. The zero-order valence-electron chi connectivity index (χ0n) is 24.1. The van der Waals surface area contributed by atoms with Crippen molar-refractivity contribution in [1.82, 2.24) is 0 Å². The Bertz CT molecular complexity index is 1420. The lowest BCUT2D eigenvalue weighted by atomic mass is 10.1. The van der Waals surface area contributed by atoms with Gasteiger partial charge in [-0.2, -0.15) is 0 Å². The molecule has 0 saturated heterocycles. The second-order valence-electron chi connectivity index (χ2n) is 8.78. The molecule has 0 aliphatic carbocycles. The van der Waals surface area contributed by atoms with Crippen molar-refractivity contribution in [3.8, 4) is 33.8 Å². The largest absolute Gasteiger partial charge is 0.491 e. The first kappa shape index (κ1) is 32.4. The van der Waals surface area contributed by atoms with Gasteiger partial charge >= 0.3 is 11.9 Å². The summed E-state index contributed by atoms with van der Waals surface area (Å²) in [4.78, 5) is 21.8. The Kier molecular flexibility index (Phi) is 14.4. The summed E-state index contributed by atoms with van der Waals surface area (Å²) in [7, 11) is 0. The summed E-state index contributed by atoms with van der Waals surface area (Å²) >= 11 is 0. The number of rotatable bonds is 15. The zero-order chi connectivity index (χ0) is 30.5. The number of ether oxygens (including phenoxy) is 5. The molecule has 0 aromatic heterocycles. The summed E-state index contributed by atoms with van der Waals surface area (Å²) in [5.41, 5.74) is 4.27.